The number of imidazole rings is 1. The van der Waals surface area contributed by atoms with Crippen molar-refractivity contribution in [1.29, 1.82) is 0 Å². The first-order valence-electron chi connectivity index (χ1n) is 5.73. The Hall–Kier alpha value is -2.36. The first kappa shape index (κ1) is 12.1. The number of aromatic nitrogens is 2. The summed E-state index contributed by atoms with van der Waals surface area (Å²) in [6.45, 7) is 4.80. The van der Waals surface area contributed by atoms with Crippen molar-refractivity contribution in [2.24, 2.45) is 0 Å². The van der Waals surface area contributed by atoms with E-state index in [1.807, 2.05) is 35.0 Å². The molecule has 0 atom stereocenters. The van der Waals surface area contributed by atoms with Gasteiger partial charge >= 0.3 is 0 Å². The predicted octanol–water partition coefficient (Wildman–Crippen LogP) is 1.85. The van der Waals surface area contributed by atoms with E-state index in [0.717, 1.165) is 12.1 Å². The predicted molar refractivity (Wildman–Crippen MR) is 70.3 cm³/mol. The maximum Gasteiger partial charge on any atom is 0.251 e. The molecule has 4 nitrogen and oxygen atoms in total. The molecule has 0 aliphatic heterocycles. The zero-order valence-corrected chi connectivity index (χ0v) is 10.0. The highest BCUT2D eigenvalue weighted by molar-refractivity contribution is 5.94. The fraction of sp³-hybridized carbons (Fsp3) is 0.143. The second kappa shape index (κ2) is 5.82. The van der Waals surface area contributed by atoms with E-state index in [1.165, 1.54) is 0 Å². The highest BCUT2D eigenvalue weighted by Crippen LogP contribution is 2.06. The van der Waals surface area contributed by atoms with Crippen LogP contribution in [-0.2, 0) is 6.54 Å². The number of rotatable bonds is 5. The van der Waals surface area contributed by atoms with Gasteiger partial charge in [-0.25, -0.2) is 4.98 Å². The molecule has 1 N–H and O–H groups in total. The molecule has 0 aliphatic carbocycles. The Balaban J connectivity index is 2.01. The largest absolute Gasteiger partial charge is 0.349 e. The Morgan fingerprint density at radius 2 is 2.17 bits per heavy atom. The summed E-state index contributed by atoms with van der Waals surface area (Å²) in [5, 5.41) is 2.74. The summed E-state index contributed by atoms with van der Waals surface area (Å²) in [4.78, 5) is 15.6. The average molecular weight is 241 g/mol. The molecule has 1 aromatic heterocycles. The van der Waals surface area contributed by atoms with Crippen LogP contribution in [-0.4, -0.2) is 22.0 Å². The highest BCUT2D eigenvalue weighted by atomic mass is 16.1. The Kier molecular flexibility index (Phi) is 3.91. The molecule has 2 aromatic rings. The second-order valence-corrected chi connectivity index (χ2v) is 3.93. The molecule has 0 bridgehead atoms. The number of carbonyl (C=O) groups excluding carboxylic acids is 1. The molecule has 0 fully saturated rings. The van der Waals surface area contributed by atoms with Gasteiger partial charge in [-0.2, -0.15) is 0 Å². The van der Waals surface area contributed by atoms with E-state index in [2.05, 4.69) is 16.9 Å². The van der Waals surface area contributed by atoms with Crippen molar-refractivity contribution in [1.82, 2.24) is 14.9 Å². The van der Waals surface area contributed by atoms with Gasteiger partial charge in [0.15, 0.2) is 0 Å². The van der Waals surface area contributed by atoms with Crippen molar-refractivity contribution in [2.75, 3.05) is 6.54 Å². The van der Waals surface area contributed by atoms with Gasteiger partial charge in [-0.1, -0.05) is 18.2 Å². The summed E-state index contributed by atoms with van der Waals surface area (Å²) < 4.78 is 1.98. The summed E-state index contributed by atoms with van der Waals surface area (Å²) in [7, 11) is 0. The molecule has 92 valence electrons. The lowest BCUT2D eigenvalue weighted by Crippen LogP contribution is -2.23. The topological polar surface area (TPSA) is 46.9 Å². The summed E-state index contributed by atoms with van der Waals surface area (Å²) in [5.41, 5.74) is 1.79. The SMILES string of the molecule is C=CCNC(=O)c1ccc(Cn2ccnc2)cc1. The molecule has 1 amide bonds. The zero-order chi connectivity index (χ0) is 12.8. The molecule has 0 saturated carbocycles. The lowest BCUT2D eigenvalue weighted by atomic mass is 10.1. The Morgan fingerprint density at radius 3 is 2.78 bits per heavy atom. The number of hydrogen-bond acceptors (Lipinski definition) is 2. The van der Waals surface area contributed by atoms with Crippen LogP contribution in [0.15, 0.2) is 55.6 Å². The highest BCUT2D eigenvalue weighted by Gasteiger charge is 2.03. The molecule has 0 aliphatic rings. The van der Waals surface area contributed by atoms with Crippen LogP contribution in [0, 0.1) is 0 Å². The lowest BCUT2D eigenvalue weighted by Gasteiger charge is -2.05. The monoisotopic (exact) mass is 241 g/mol. The van der Waals surface area contributed by atoms with Crippen molar-refractivity contribution >= 4 is 5.91 Å². The number of hydrogen-bond donors (Lipinski definition) is 1. The van der Waals surface area contributed by atoms with Crippen LogP contribution in [0.2, 0.25) is 0 Å². The molecule has 0 unspecified atom stereocenters. The van der Waals surface area contributed by atoms with Gasteiger partial charge in [0.2, 0.25) is 0 Å². The van der Waals surface area contributed by atoms with Crippen molar-refractivity contribution in [3.8, 4) is 0 Å². The van der Waals surface area contributed by atoms with Gasteiger partial charge in [-0.15, -0.1) is 6.58 Å². The van der Waals surface area contributed by atoms with E-state index in [4.69, 9.17) is 0 Å². The van der Waals surface area contributed by atoms with Crippen LogP contribution in [0.5, 0.6) is 0 Å². The molecule has 0 saturated heterocycles. The standard InChI is InChI=1S/C14H15N3O/c1-2-7-16-14(18)13-5-3-12(4-6-13)10-17-9-8-15-11-17/h2-6,8-9,11H,1,7,10H2,(H,16,18). The third-order valence-corrected chi connectivity index (χ3v) is 2.55. The van der Waals surface area contributed by atoms with E-state index < -0.39 is 0 Å². The minimum absolute atomic E-state index is 0.0796. The number of nitrogens with one attached hydrogen (secondary N) is 1. The zero-order valence-electron chi connectivity index (χ0n) is 10.0. The van der Waals surface area contributed by atoms with Crippen LogP contribution >= 0.6 is 0 Å². The van der Waals surface area contributed by atoms with E-state index in [-0.39, 0.29) is 5.91 Å². The average Bonchev–Trinajstić information content (AvgIpc) is 2.89. The van der Waals surface area contributed by atoms with Crippen LogP contribution in [0.1, 0.15) is 15.9 Å². The quantitative estimate of drug-likeness (QED) is 0.812. The number of nitrogens with zero attached hydrogens (tertiary/aromatic N) is 2. The normalized spacial score (nSPS) is 10.0. The third-order valence-electron chi connectivity index (χ3n) is 2.55. The molecular weight excluding hydrogens is 226 g/mol. The van der Waals surface area contributed by atoms with Gasteiger partial charge in [0.1, 0.15) is 0 Å². The van der Waals surface area contributed by atoms with Gasteiger partial charge < -0.3 is 9.88 Å². The fourth-order valence-electron chi connectivity index (χ4n) is 1.62. The van der Waals surface area contributed by atoms with Crippen LogP contribution in [0.4, 0.5) is 0 Å². The van der Waals surface area contributed by atoms with Gasteiger partial charge in [-0.05, 0) is 17.7 Å². The molecule has 0 spiro atoms. The van der Waals surface area contributed by atoms with Crippen LogP contribution in [0.25, 0.3) is 0 Å². The van der Waals surface area contributed by atoms with Crippen molar-refractivity contribution < 1.29 is 4.79 Å². The van der Waals surface area contributed by atoms with Gasteiger partial charge in [-0.3, -0.25) is 4.79 Å². The summed E-state index contributed by atoms with van der Waals surface area (Å²) >= 11 is 0. The van der Waals surface area contributed by atoms with E-state index in [0.29, 0.717) is 12.1 Å². The summed E-state index contributed by atoms with van der Waals surface area (Å²) in [6, 6.07) is 7.54. The Bertz CT molecular complexity index is 514. The molecule has 1 aromatic carbocycles. The smallest absolute Gasteiger partial charge is 0.251 e. The molecular formula is C14H15N3O. The van der Waals surface area contributed by atoms with Crippen LogP contribution < -0.4 is 5.32 Å². The van der Waals surface area contributed by atoms with Crippen LogP contribution in [0.3, 0.4) is 0 Å². The number of benzene rings is 1. The lowest BCUT2D eigenvalue weighted by molar-refractivity contribution is 0.0958. The maximum atomic E-state index is 11.7. The third kappa shape index (κ3) is 3.07. The van der Waals surface area contributed by atoms with Crippen molar-refractivity contribution in [3.63, 3.8) is 0 Å². The van der Waals surface area contributed by atoms with Crippen molar-refractivity contribution in [2.45, 2.75) is 6.54 Å². The maximum absolute atomic E-state index is 11.7. The summed E-state index contributed by atoms with van der Waals surface area (Å²) in [6.07, 6.45) is 7.08. The van der Waals surface area contributed by atoms with Gasteiger partial charge in [0, 0.05) is 31.0 Å². The number of carbonyl (C=O) groups is 1. The fourth-order valence-corrected chi connectivity index (χ4v) is 1.62. The van der Waals surface area contributed by atoms with E-state index in [9.17, 15) is 4.79 Å². The van der Waals surface area contributed by atoms with Crippen molar-refractivity contribution in [3.05, 3.63) is 66.8 Å². The second-order valence-electron chi connectivity index (χ2n) is 3.93. The molecule has 4 heteroatoms. The van der Waals surface area contributed by atoms with E-state index in [1.54, 1.807) is 18.6 Å². The first-order valence-corrected chi connectivity index (χ1v) is 5.73. The van der Waals surface area contributed by atoms with Gasteiger partial charge in [0.05, 0.1) is 6.33 Å². The number of amides is 1. The van der Waals surface area contributed by atoms with E-state index >= 15 is 0 Å². The molecule has 18 heavy (non-hydrogen) atoms. The Labute approximate surface area is 106 Å². The molecule has 0 radical (unpaired) electrons. The minimum atomic E-state index is -0.0796. The minimum Gasteiger partial charge on any atom is -0.349 e. The van der Waals surface area contributed by atoms with Gasteiger partial charge in [0.25, 0.3) is 5.91 Å². The Morgan fingerprint density at radius 1 is 1.39 bits per heavy atom. The molecule has 1 heterocycles. The summed E-state index contributed by atoms with van der Waals surface area (Å²) in [5.74, 6) is -0.0796. The first-order chi connectivity index (χ1) is 8.79. The molecule has 2 rings (SSSR count).